The number of fused-ring (bicyclic) bond motifs is 3. The van der Waals surface area contributed by atoms with Crippen LogP contribution in [0.25, 0.3) is 11.4 Å². The molecule has 0 saturated heterocycles. The molecule has 0 unspecified atom stereocenters. The van der Waals surface area contributed by atoms with Crippen LogP contribution in [0.4, 0.5) is 0 Å². The quantitative estimate of drug-likeness (QED) is 0.621. The summed E-state index contributed by atoms with van der Waals surface area (Å²) < 4.78 is 2.14. The first-order valence-electron chi connectivity index (χ1n) is 4.70. The van der Waals surface area contributed by atoms with Gasteiger partial charge in [0.2, 0.25) is 0 Å². The number of nitrogens with zero attached hydrogens (tertiary/aromatic N) is 4. The second-order valence-corrected chi connectivity index (χ2v) is 3.47. The summed E-state index contributed by atoms with van der Waals surface area (Å²) in [5, 5.41) is 8.25. The average Bonchev–Trinajstić information content (AvgIpc) is 2.61. The zero-order valence-corrected chi connectivity index (χ0v) is 7.94. The summed E-state index contributed by atoms with van der Waals surface area (Å²) >= 11 is 0. The fourth-order valence-electron chi connectivity index (χ4n) is 1.91. The van der Waals surface area contributed by atoms with Gasteiger partial charge in [0.1, 0.15) is 5.82 Å². The van der Waals surface area contributed by atoms with Crippen molar-refractivity contribution in [3.05, 3.63) is 29.8 Å². The minimum Gasteiger partial charge on any atom is -0.311 e. The lowest BCUT2D eigenvalue weighted by Crippen LogP contribution is -2.13. The van der Waals surface area contributed by atoms with E-state index >= 15 is 0 Å². The Morgan fingerprint density at radius 2 is 2.29 bits per heavy atom. The van der Waals surface area contributed by atoms with Crippen molar-refractivity contribution in [2.24, 2.45) is 0 Å². The standard InChI is InChI=1S/C10H10N4/c1-7-12-13-10-8-3-2-5-11-9(8)4-6-14(7)10/h2-3,5H,4,6H2,1H3. The molecule has 0 bridgehead atoms. The van der Waals surface area contributed by atoms with E-state index in [4.69, 9.17) is 0 Å². The lowest BCUT2D eigenvalue weighted by molar-refractivity contribution is 0.651. The van der Waals surface area contributed by atoms with Crippen molar-refractivity contribution in [2.75, 3.05) is 0 Å². The van der Waals surface area contributed by atoms with Crippen molar-refractivity contribution in [3.8, 4) is 11.4 Å². The molecule has 4 heteroatoms. The van der Waals surface area contributed by atoms with Gasteiger partial charge in [-0.15, -0.1) is 10.2 Å². The van der Waals surface area contributed by atoms with Gasteiger partial charge in [0, 0.05) is 24.7 Å². The van der Waals surface area contributed by atoms with Gasteiger partial charge in [-0.3, -0.25) is 4.98 Å². The number of hydrogen-bond donors (Lipinski definition) is 0. The monoisotopic (exact) mass is 186 g/mol. The van der Waals surface area contributed by atoms with Crippen molar-refractivity contribution in [2.45, 2.75) is 19.9 Å². The van der Waals surface area contributed by atoms with E-state index in [9.17, 15) is 0 Å². The largest absolute Gasteiger partial charge is 0.311 e. The van der Waals surface area contributed by atoms with Crippen LogP contribution in [0.2, 0.25) is 0 Å². The summed E-state index contributed by atoms with van der Waals surface area (Å²) in [6.45, 7) is 2.93. The third kappa shape index (κ3) is 0.907. The number of aromatic nitrogens is 4. The lowest BCUT2D eigenvalue weighted by atomic mass is 10.1. The second kappa shape index (κ2) is 2.64. The topological polar surface area (TPSA) is 43.6 Å². The molecular weight excluding hydrogens is 176 g/mol. The summed E-state index contributed by atoms with van der Waals surface area (Å²) in [5.74, 6) is 1.94. The minimum atomic E-state index is 0.943. The van der Waals surface area contributed by atoms with Crippen LogP contribution >= 0.6 is 0 Å². The van der Waals surface area contributed by atoms with Crippen LogP contribution in [0, 0.1) is 6.92 Å². The van der Waals surface area contributed by atoms with E-state index in [-0.39, 0.29) is 0 Å². The van der Waals surface area contributed by atoms with Gasteiger partial charge in [0.15, 0.2) is 5.82 Å². The van der Waals surface area contributed by atoms with Crippen LogP contribution in [0.3, 0.4) is 0 Å². The Morgan fingerprint density at radius 3 is 3.21 bits per heavy atom. The molecule has 0 saturated carbocycles. The SMILES string of the molecule is Cc1nnc2n1CCc1ncccc1-2. The average molecular weight is 186 g/mol. The van der Waals surface area contributed by atoms with Crippen molar-refractivity contribution >= 4 is 0 Å². The van der Waals surface area contributed by atoms with Gasteiger partial charge >= 0.3 is 0 Å². The highest BCUT2D eigenvalue weighted by Crippen LogP contribution is 2.26. The molecule has 3 heterocycles. The third-order valence-electron chi connectivity index (χ3n) is 2.64. The lowest BCUT2D eigenvalue weighted by Gasteiger charge is -2.16. The van der Waals surface area contributed by atoms with Gasteiger partial charge in [-0.25, -0.2) is 0 Å². The highest BCUT2D eigenvalue weighted by Gasteiger charge is 2.19. The predicted molar refractivity (Wildman–Crippen MR) is 51.7 cm³/mol. The van der Waals surface area contributed by atoms with Gasteiger partial charge in [-0.2, -0.15) is 0 Å². The molecule has 70 valence electrons. The number of rotatable bonds is 0. The fraction of sp³-hybridized carbons (Fsp3) is 0.300. The normalized spacial score (nSPS) is 13.5. The first kappa shape index (κ1) is 7.67. The zero-order chi connectivity index (χ0) is 9.54. The van der Waals surface area contributed by atoms with E-state index < -0.39 is 0 Å². The summed E-state index contributed by atoms with van der Waals surface area (Å²) in [4.78, 5) is 4.35. The molecule has 14 heavy (non-hydrogen) atoms. The van der Waals surface area contributed by atoms with E-state index in [0.29, 0.717) is 0 Å². The maximum absolute atomic E-state index is 4.35. The molecule has 0 atom stereocenters. The predicted octanol–water partition coefficient (Wildman–Crippen LogP) is 1.20. The molecule has 1 aliphatic heterocycles. The van der Waals surface area contributed by atoms with Crippen molar-refractivity contribution in [3.63, 3.8) is 0 Å². The minimum absolute atomic E-state index is 0.943. The maximum atomic E-state index is 4.35. The highest BCUT2D eigenvalue weighted by atomic mass is 15.3. The first-order valence-corrected chi connectivity index (χ1v) is 4.70. The smallest absolute Gasteiger partial charge is 0.165 e. The van der Waals surface area contributed by atoms with Crippen molar-refractivity contribution in [1.29, 1.82) is 0 Å². The molecule has 2 aromatic rings. The van der Waals surface area contributed by atoms with Gasteiger partial charge in [0.05, 0.1) is 5.69 Å². The molecule has 0 spiro atoms. The Morgan fingerprint density at radius 1 is 1.36 bits per heavy atom. The number of pyridine rings is 1. The molecule has 0 radical (unpaired) electrons. The molecule has 0 aliphatic carbocycles. The molecule has 2 aromatic heterocycles. The van der Waals surface area contributed by atoms with Crippen molar-refractivity contribution in [1.82, 2.24) is 19.7 Å². The second-order valence-electron chi connectivity index (χ2n) is 3.47. The Bertz CT molecular complexity index is 487. The van der Waals surface area contributed by atoms with Gasteiger partial charge in [0.25, 0.3) is 0 Å². The van der Waals surface area contributed by atoms with Crippen LogP contribution in [0.5, 0.6) is 0 Å². The molecule has 1 aliphatic rings. The summed E-state index contributed by atoms with van der Waals surface area (Å²) in [6.07, 6.45) is 2.81. The Balaban J connectivity index is 2.29. The molecule has 4 nitrogen and oxygen atoms in total. The highest BCUT2D eigenvalue weighted by molar-refractivity contribution is 5.59. The van der Waals surface area contributed by atoms with E-state index in [1.807, 2.05) is 19.2 Å². The summed E-state index contributed by atoms with van der Waals surface area (Å²) in [7, 11) is 0. The van der Waals surface area contributed by atoms with E-state index in [0.717, 1.165) is 35.9 Å². The van der Waals surface area contributed by atoms with Crippen LogP contribution in [0.15, 0.2) is 18.3 Å². The molecule has 3 rings (SSSR count). The number of aryl methyl sites for hydroxylation is 2. The molecule has 0 aromatic carbocycles. The Labute approximate surface area is 81.6 Å². The molecule has 0 fully saturated rings. The summed E-state index contributed by atoms with van der Waals surface area (Å²) in [5.41, 5.74) is 2.26. The molecule has 0 amide bonds. The van der Waals surface area contributed by atoms with E-state index in [2.05, 4.69) is 25.8 Å². The maximum Gasteiger partial charge on any atom is 0.165 e. The molecular formula is C10H10N4. The number of hydrogen-bond acceptors (Lipinski definition) is 3. The van der Waals surface area contributed by atoms with Gasteiger partial charge in [-0.1, -0.05) is 0 Å². The van der Waals surface area contributed by atoms with E-state index in [1.165, 1.54) is 0 Å². The third-order valence-corrected chi connectivity index (χ3v) is 2.64. The van der Waals surface area contributed by atoms with Crippen LogP contribution in [-0.4, -0.2) is 19.7 Å². The molecule has 0 N–H and O–H groups in total. The van der Waals surface area contributed by atoms with Gasteiger partial charge in [-0.05, 0) is 19.1 Å². The fourth-order valence-corrected chi connectivity index (χ4v) is 1.91. The Hall–Kier alpha value is -1.71. The Kier molecular flexibility index (Phi) is 1.45. The zero-order valence-electron chi connectivity index (χ0n) is 7.94. The summed E-state index contributed by atoms with van der Waals surface area (Å²) in [6, 6.07) is 4.00. The van der Waals surface area contributed by atoms with E-state index in [1.54, 1.807) is 0 Å². The van der Waals surface area contributed by atoms with Crippen LogP contribution in [-0.2, 0) is 13.0 Å². The van der Waals surface area contributed by atoms with Crippen LogP contribution < -0.4 is 0 Å². The van der Waals surface area contributed by atoms with Crippen LogP contribution in [0.1, 0.15) is 11.5 Å². The first-order chi connectivity index (χ1) is 6.86. The van der Waals surface area contributed by atoms with Crippen molar-refractivity contribution < 1.29 is 0 Å². The van der Waals surface area contributed by atoms with Gasteiger partial charge < -0.3 is 4.57 Å².